The first kappa shape index (κ1) is 17.5. The summed E-state index contributed by atoms with van der Waals surface area (Å²) in [7, 11) is 0. The lowest BCUT2D eigenvalue weighted by molar-refractivity contribution is -0.122. The summed E-state index contributed by atoms with van der Waals surface area (Å²) >= 11 is 1.33. The van der Waals surface area contributed by atoms with Crippen molar-refractivity contribution in [2.24, 2.45) is 5.92 Å². The largest absolute Gasteiger partial charge is 0.311 e. The van der Waals surface area contributed by atoms with Gasteiger partial charge in [0.1, 0.15) is 11.6 Å². The van der Waals surface area contributed by atoms with Crippen LogP contribution in [-0.2, 0) is 9.59 Å². The van der Waals surface area contributed by atoms with Crippen LogP contribution in [0.5, 0.6) is 0 Å². The maximum Gasteiger partial charge on any atom is 0.231 e. The predicted molar refractivity (Wildman–Crippen MR) is 91.7 cm³/mol. The molecule has 0 aliphatic carbocycles. The number of aromatic nitrogens is 1. The standard InChI is InChI=1S/C17H17F2N3O2S/c1-9(2)14-8-25-17(20-14)21-16(24)10-3-15(23)22(7-10)13-5-11(18)4-12(19)6-13/h4-6,8-10H,3,7H2,1-2H3,(H,20,21,24). The third-order valence-electron chi connectivity index (χ3n) is 4.00. The maximum atomic E-state index is 13.4. The second kappa shape index (κ2) is 6.87. The number of amides is 2. The second-order valence-corrected chi connectivity index (χ2v) is 7.11. The van der Waals surface area contributed by atoms with Crippen LogP contribution in [0.15, 0.2) is 23.6 Å². The molecule has 1 aromatic heterocycles. The van der Waals surface area contributed by atoms with Gasteiger partial charge in [-0.1, -0.05) is 13.8 Å². The number of carbonyl (C=O) groups is 2. The summed E-state index contributed by atoms with van der Waals surface area (Å²) < 4.78 is 26.7. The third kappa shape index (κ3) is 3.84. The number of halogens is 2. The molecule has 0 radical (unpaired) electrons. The number of rotatable bonds is 4. The smallest absolute Gasteiger partial charge is 0.231 e. The van der Waals surface area contributed by atoms with Crippen LogP contribution >= 0.6 is 11.3 Å². The molecule has 1 fully saturated rings. The third-order valence-corrected chi connectivity index (χ3v) is 4.77. The van der Waals surface area contributed by atoms with E-state index in [4.69, 9.17) is 0 Å². The maximum absolute atomic E-state index is 13.4. The second-order valence-electron chi connectivity index (χ2n) is 6.25. The molecule has 1 N–H and O–H groups in total. The van der Waals surface area contributed by atoms with Gasteiger partial charge in [0, 0.05) is 30.1 Å². The minimum atomic E-state index is -0.764. The van der Waals surface area contributed by atoms with Crippen LogP contribution in [0, 0.1) is 17.6 Å². The molecular formula is C17H17F2N3O2S. The van der Waals surface area contributed by atoms with Crippen LogP contribution in [0.2, 0.25) is 0 Å². The molecule has 2 amide bonds. The van der Waals surface area contributed by atoms with Crippen molar-refractivity contribution in [3.8, 4) is 0 Å². The Balaban J connectivity index is 1.69. The van der Waals surface area contributed by atoms with Crippen molar-refractivity contribution >= 4 is 34.0 Å². The van der Waals surface area contributed by atoms with Gasteiger partial charge in [0.05, 0.1) is 11.6 Å². The van der Waals surface area contributed by atoms with Crippen molar-refractivity contribution in [3.05, 3.63) is 40.9 Å². The van der Waals surface area contributed by atoms with Gasteiger partial charge in [-0.2, -0.15) is 0 Å². The molecule has 1 unspecified atom stereocenters. The summed E-state index contributed by atoms with van der Waals surface area (Å²) in [6.07, 6.45) is -0.00756. The highest BCUT2D eigenvalue weighted by atomic mass is 32.1. The SMILES string of the molecule is CC(C)c1csc(NC(=O)C2CC(=O)N(c3cc(F)cc(F)c3)C2)n1. The Labute approximate surface area is 147 Å². The van der Waals surface area contributed by atoms with Gasteiger partial charge in [0.25, 0.3) is 0 Å². The van der Waals surface area contributed by atoms with E-state index in [9.17, 15) is 18.4 Å². The molecule has 1 aliphatic heterocycles. The fourth-order valence-corrected chi connectivity index (χ4v) is 3.52. The number of hydrogen-bond acceptors (Lipinski definition) is 4. The first-order chi connectivity index (χ1) is 11.8. The lowest BCUT2D eigenvalue weighted by Crippen LogP contribution is -2.28. The molecule has 2 aromatic rings. The molecule has 2 heterocycles. The molecule has 1 aliphatic rings. The zero-order valence-electron chi connectivity index (χ0n) is 13.8. The fourth-order valence-electron chi connectivity index (χ4n) is 2.64. The number of benzene rings is 1. The molecule has 0 bridgehead atoms. The van der Waals surface area contributed by atoms with Gasteiger partial charge in [-0.3, -0.25) is 9.59 Å². The lowest BCUT2D eigenvalue weighted by atomic mass is 10.1. The van der Waals surface area contributed by atoms with Gasteiger partial charge in [0.15, 0.2) is 5.13 Å². The summed E-state index contributed by atoms with van der Waals surface area (Å²) in [6.45, 7) is 4.09. The summed E-state index contributed by atoms with van der Waals surface area (Å²) in [6, 6.07) is 2.90. The highest BCUT2D eigenvalue weighted by Gasteiger charge is 2.35. The average Bonchev–Trinajstić information content (AvgIpc) is 3.13. The fraction of sp³-hybridized carbons (Fsp3) is 0.353. The summed E-state index contributed by atoms with van der Waals surface area (Å²) in [5, 5.41) is 5.08. The molecule has 132 valence electrons. The topological polar surface area (TPSA) is 62.3 Å². The van der Waals surface area contributed by atoms with Gasteiger partial charge >= 0.3 is 0 Å². The monoisotopic (exact) mass is 365 g/mol. The molecule has 1 saturated heterocycles. The van der Waals surface area contributed by atoms with Crippen LogP contribution < -0.4 is 10.2 Å². The highest BCUT2D eigenvalue weighted by molar-refractivity contribution is 7.13. The van der Waals surface area contributed by atoms with Crippen molar-refractivity contribution < 1.29 is 18.4 Å². The number of nitrogens with zero attached hydrogens (tertiary/aromatic N) is 2. The summed E-state index contributed by atoms with van der Waals surface area (Å²) in [4.78, 5) is 30.1. The predicted octanol–water partition coefficient (Wildman–Crippen LogP) is 3.54. The molecule has 3 rings (SSSR count). The molecule has 0 spiro atoms. The Morgan fingerprint density at radius 1 is 1.32 bits per heavy atom. The Morgan fingerprint density at radius 2 is 2.00 bits per heavy atom. The molecular weight excluding hydrogens is 348 g/mol. The van der Waals surface area contributed by atoms with Gasteiger partial charge in [-0.15, -0.1) is 11.3 Å². The minimum Gasteiger partial charge on any atom is -0.311 e. The van der Waals surface area contributed by atoms with E-state index in [-0.39, 0.29) is 36.4 Å². The highest BCUT2D eigenvalue weighted by Crippen LogP contribution is 2.28. The van der Waals surface area contributed by atoms with Crippen molar-refractivity contribution in [3.63, 3.8) is 0 Å². The van der Waals surface area contributed by atoms with Crippen LogP contribution in [0.3, 0.4) is 0 Å². The number of carbonyl (C=O) groups excluding carboxylic acids is 2. The molecule has 1 atom stereocenters. The molecule has 1 aromatic carbocycles. The van der Waals surface area contributed by atoms with Crippen molar-refractivity contribution in [2.75, 3.05) is 16.8 Å². The van der Waals surface area contributed by atoms with Gasteiger partial charge < -0.3 is 10.2 Å². The quantitative estimate of drug-likeness (QED) is 0.901. The molecule has 5 nitrogen and oxygen atoms in total. The molecule has 25 heavy (non-hydrogen) atoms. The van der Waals surface area contributed by atoms with E-state index >= 15 is 0 Å². The van der Waals surface area contributed by atoms with Crippen molar-refractivity contribution in [1.29, 1.82) is 0 Å². The van der Waals surface area contributed by atoms with E-state index in [0.717, 1.165) is 23.9 Å². The van der Waals surface area contributed by atoms with Gasteiger partial charge in [-0.05, 0) is 18.1 Å². The van der Waals surface area contributed by atoms with E-state index in [2.05, 4.69) is 10.3 Å². The van der Waals surface area contributed by atoms with Gasteiger partial charge in [0.2, 0.25) is 11.8 Å². The summed E-state index contributed by atoms with van der Waals surface area (Å²) in [5.74, 6) is -2.53. The van der Waals surface area contributed by atoms with E-state index in [0.29, 0.717) is 5.13 Å². The van der Waals surface area contributed by atoms with E-state index < -0.39 is 17.6 Å². The minimum absolute atomic E-state index is 0.00756. The Morgan fingerprint density at radius 3 is 2.60 bits per heavy atom. The Hall–Kier alpha value is -2.35. The number of thiazole rings is 1. The molecule has 0 saturated carbocycles. The zero-order valence-corrected chi connectivity index (χ0v) is 14.6. The Kier molecular flexibility index (Phi) is 4.80. The average molecular weight is 365 g/mol. The van der Waals surface area contributed by atoms with Crippen LogP contribution in [0.4, 0.5) is 19.6 Å². The van der Waals surface area contributed by atoms with Crippen LogP contribution in [0.25, 0.3) is 0 Å². The van der Waals surface area contributed by atoms with E-state index in [1.165, 1.54) is 16.2 Å². The summed E-state index contributed by atoms with van der Waals surface area (Å²) in [5.41, 5.74) is 1.01. The lowest BCUT2D eigenvalue weighted by Gasteiger charge is -2.16. The first-order valence-electron chi connectivity index (χ1n) is 7.86. The van der Waals surface area contributed by atoms with Crippen LogP contribution in [0.1, 0.15) is 31.9 Å². The van der Waals surface area contributed by atoms with E-state index in [1.54, 1.807) is 0 Å². The number of hydrogen-bond donors (Lipinski definition) is 1. The normalized spacial score (nSPS) is 17.4. The number of nitrogens with one attached hydrogen (secondary N) is 1. The van der Waals surface area contributed by atoms with Gasteiger partial charge in [-0.25, -0.2) is 13.8 Å². The van der Waals surface area contributed by atoms with Crippen molar-refractivity contribution in [2.45, 2.75) is 26.2 Å². The van der Waals surface area contributed by atoms with Crippen molar-refractivity contribution in [1.82, 2.24) is 4.98 Å². The molecule has 8 heteroatoms. The van der Waals surface area contributed by atoms with E-state index in [1.807, 2.05) is 19.2 Å². The zero-order chi connectivity index (χ0) is 18.1. The Bertz CT molecular complexity index is 802. The first-order valence-corrected chi connectivity index (χ1v) is 8.74. The number of anilines is 2. The van der Waals surface area contributed by atoms with Crippen LogP contribution in [-0.4, -0.2) is 23.3 Å².